The molecule has 7 nitrogen and oxygen atoms in total. The predicted molar refractivity (Wildman–Crippen MR) is 125 cm³/mol. The van der Waals surface area contributed by atoms with Crippen molar-refractivity contribution in [3.8, 4) is 11.5 Å². The maximum Gasteiger partial charge on any atom is 0.247 e. The van der Waals surface area contributed by atoms with Gasteiger partial charge < -0.3 is 19.1 Å². The van der Waals surface area contributed by atoms with E-state index in [4.69, 9.17) is 4.42 Å². The molecule has 0 aliphatic carbocycles. The second-order valence-corrected chi connectivity index (χ2v) is 9.09. The van der Waals surface area contributed by atoms with E-state index in [-0.39, 0.29) is 11.8 Å². The highest BCUT2D eigenvalue weighted by Gasteiger charge is 2.35. The number of likely N-dealkylation sites (N-methyl/N-ethyl adjacent to an activating group) is 1. The summed E-state index contributed by atoms with van der Waals surface area (Å²) in [6.07, 6.45) is 1.57. The van der Waals surface area contributed by atoms with Gasteiger partial charge in [0, 0.05) is 49.0 Å². The third kappa shape index (κ3) is 4.00. The fourth-order valence-corrected chi connectivity index (χ4v) is 4.58. The van der Waals surface area contributed by atoms with E-state index in [1.165, 1.54) is 17.7 Å². The van der Waals surface area contributed by atoms with Crippen LogP contribution in [0.25, 0.3) is 11.5 Å². The molecule has 7 heteroatoms. The molecule has 1 amide bonds. The van der Waals surface area contributed by atoms with Crippen molar-refractivity contribution in [2.75, 3.05) is 43.5 Å². The number of hydrogen-bond donors (Lipinski definition) is 0. The van der Waals surface area contributed by atoms with Gasteiger partial charge in [0.1, 0.15) is 0 Å². The van der Waals surface area contributed by atoms with Crippen LogP contribution in [0.5, 0.6) is 0 Å². The van der Waals surface area contributed by atoms with Crippen LogP contribution < -0.4 is 9.80 Å². The Bertz CT molecular complexity index is 1090. The number of aromatic nitrogens is 2. The molecule has 3 heterocycles. The zero-order valence-corrected chi connectivity index (χ0v) is 18.9. The molecule has 32 heavy (non-hydrogen) atoms. The Morgan fingerprint density at radius 3 is 2.38 bits per heavy atom. The van der Waals surface area contributed by atoms with Gasteiger partial charge in [-0.25, -0.2) is 0 Å². The normalized spacial score (nSPS) is 21.2. The van der Waals surface area contributed by atoms with Crippen LogP contribution in [0, 0.1) is 6.92 Å². The summed E-state index contributed by atoms with van der Waals surface area (Å²) >= 11 is 0. The van der Waals surface area contributed by atoms with Gasteiger partial charge in [-0.05, 0) is 63.8 Å². The molecular weight excluding hydrogens is 402 g/mol. The Labute approximate surface area is 188 Å². The number of carbonyl (C=O) groups excluding carboxylic acids is 1. The largest absolute Gasteiger partial charge is 0.420 e. The Morgan fingerprint density at radius 2 is 1.69 bits per heavy atom. The number of hydrogen-bond acceptors (Lipinski definition) is 6. The quantitative estimate of drug-likeness (QED) is 0.614. The van der Waals surface area contributed by atoms with Crippen LogP contribution in [-0.2, 0) is 4.79 Å². The van der Waals surface area contributed by atoms with Crippen LogP contribution in [0.2, 0.25) is 0 Å². The summed E-state index contributed by atoms with van der Waals surface area (Å²) in [5.74, 6) is 1.03. The van der Waals surface area contributed by atoms with Gasteiger partial charge >= 0.3 is 0 Å². The van der Waals surface area contributed by atoms with Crippen LogP contribution >= 0.6 is 0 Å². The van der Waals surface area contributed by atoms with E-state index in [1.807, 2.05) is 43.3 Å². The highest BCUT2D eigenvalue weighted by Crippen LogP contribution is 2.33. The Morgan fingerprint density at radius 1 is 0.969 bits per heavy atom. The number of nitrogens with zero attached hydrogens (tertiary/aromatic N) is 5. The third-order valence-electron chi connectivity index (χ3n) is 6.63. The van der Waals surface area contributed by atoms with Gasteiger partial charge in [-0.2, -0.15) is 0 Å². The standard InChI is InChI=1S/C25H29N5O2/c1-17-4-8-21(9-5-17)30-15-19(14-23(30)31)25-27-26-24(32-25)18-6-10-20(11-7-18)29-13-12-22(16-29)28(2)3/h4-11,19,22H,12-16H2,1-3H3. The van der Waals surface area contributed by atoms with E-state index in [0.29, 0.717) is 30.8 Å². The van der Waals surface area contributed by atoms with Crippen molar-refractivity contribution in [1.29, 1.82) is 0 Å². The van der Waals surface area contributed by atoms with Crippen molar-refractivity contribution < 1.29 is 9.21 Å². The van der Waals surface area contributed by atoms with Crippen molar-refractivity contribution in [2.45, 2.75) is 31.7 Å². The fourth-order valence-electron chi connectivity index (χ4n) is 4.58. The number of amides is 1. The average molecular weight is 432 g/mol. The monoisotopic (exact) mass is 431 g/mol. The van der Waals surface area contributed by atoms with E-state index in [9.17, 15) is 4.79 Å². The van der Waals surface area contributed by atoms with Gasteiger partial charge in [0.15, 0.2) is 0 Å². The maximum atomic E-state index is 12.6. The molecule has 2 aliphatic rings. The van der Waals surface area contributed by atoms with Gasteiger partial charge in [0.2, 0.25) is 17.7 Å². The summed E-state index contributed by atoms with van der Waals surface area (Å²) in [4.78, 5) is 19.1. The van der Waals surface area contributed by atoms with E-state index in [0.717, 1.165) is 24.3 Å². The molecule has 0 bridgehead atoms. The van der Waals surface area contributed by atoms with Crippen LogP contribution in [0.15, 0.2) is 52.9 Å². The lowest BCUT2D eigenvalue weighted by Gasteiger charge is -2.21. The minimum atomic E-state index is -0.0862. The minimum Gasteiger partial charge on any atom is -0.420 e. The molecule has 0 spiro atoms. The van der Waals surface area contributed by atoms with E-state index in [1.54, 1.807) is 4.90 Å². The molecule has 166 valence electrons. The average Bonchev–Trinajstić information content (AvgIpc) is 3.54. The third-order valence-corrected chi connectivity index (χ3v) is 6.63. The molecule has 0 N–H and O–H groups in total. The van der Waals surface area contributed by atoms with Gasteiger partial charge in [-0.15, -0.1) is 10.2 Å². The molecule has 1 aromatic heterocycles. The number of benzene rings is 2. The summed E-state index contributed by atoms with van der Waals surface area (Å²) in [5, 5.41) is 8.53. The smallest absolute Gasteiger partial charge is 0.247 e. The molecule has 2 fully saturated rings. The second-order valence-electron chi connectivity index (χ2n) is 9.09. The first-order valence-electron chi connectivity index (χ1n) is 11.2. The van der Waals surface area contributed by atoms with Crippen molar-refractivity contribution in [1.82, 2.24) is 15.1 Å². The molecular formula is C25H29N5O2. The van der Waals surface area contributed by atoms with Crippen LogP contribution in [0.1, 0.15) is 30.2 Å². The number of rotatable bonds is 5. The number of aryl methyl sites for hydroxylation is 1. The number of anilines is 2. The van der Waals surface area contributed by atoms with Crippen LogP contribution in [0.3, 0.4) is 0 Å². The van der Waals surface area contributed by atoms with Gasteiger partial charge in [0.05, 0.1) is 5.92 Å². The lowest BCUT2D eigenvalue weighted by atomic mass is 10.1. The molecule has 2 aromatic carbocycles. The topological polar surface area (TPSA) is 65.7 Å². The van der Waals surface area contributed by atoms with Crippen molar-refractivity contribution in [3.63, 3.8) is 0 Å². The Kier molecular flexibility index (Phi) is 5.43. The van der Waals surface area contributed by atoms with E-state index >= 15 is 0 Å². The van der Waals surface area contributed by atoms with Crippen molar-refractivity contribution in [3.05, 3.63) is 60.0 Å². The molecule has 3 aromatic rings. The summed E-state index contributed by atoms with van der Waals surface area (Å²) < 4.78 is 6.00. The molecule has 0 radical (unpaired) electrons. The van der Waals surface area contributed by atoms with E-state index < -0.39 is 0 Å². The number of carbonyl (C=O) groups is 1. The maximum absolute atomic E-state index is 12.6. The minimum absolute atomic E-state index is 0.0862. The van der Waals surface area contributed by atoms with Gasteiger partial charge in [-0.1, -0.05) is 17.7 Å². The molecule has 2 atom stereocenters. The van der Waals surface area contributed by atoms with Crippen LogP contribution in [0.4, 0.5) is 11.4 Å². The molecule has 2 unspecified atom stereocenters. The zero-order chi connectivity index (χ0) is 22.2. The molecule has 5 rings (SSSR count). The Hall–Kier alpha value is -3.19. The highest BCUT2D eigenvalue weighted by molar-refractivity contribution is 5.96. The predicted octanol–water partition coefficient (Wildman–Crippen LogP) is 3.71. The molecule has 2 aliphatic heterocycles. The SMILES string of the molecule is Cc1ccc(N2CC(c3nnc(-c4ccc(N5CCC(N(C)C)C5)cc4)o3)CC2=O)cc1. The van der Waals surface area contributed by atoms with Crippen molar-refractivity contribution in [2.24, 2.45) is 0 Å². The zero-order valence-electron chi connectivity index (χ0n) is 18.9. The Balaban J connectivity index is 1.27. The fraction of sp³-hybridized carbons (Fsp3) is 0.400. The van der Waals surface area contributed by atoms with Crippen LogP contribution in [-0.4, -0.2) is 60.8 Å². The van der Waals surface area contributed by atoms with Gasteiger partial charge in [-0.3, -0.25) is 4.79 Å². The van der Waals surface area contributed by atoms with Crippen molar-refractivity contribution >= 4 is 17.3 Å². The summed E-state index contributed by atoms with van der Waals surface area (Å²) in [5.41, 5.74) is 4.20. The highest BCUT2D eigenvalue weighted by atomic mass is 16.4. The van der Waals surface area contributed by atoms with E-state index in [2.05, 4.69) is 46.2 Å². The first kappa shape index (κ1) is 20.7. The summed E-state index contributed by atoms with van der Waals surface area (Å²) in [6.45, 7) is 4.71. The first-order chi connectivity index (χ1) is 15.5. The second kappa shape index (κ2) is 8.39. The molecule has 0 saturated carbocycles. The van der Waals surface area contributed by atoms with Gasteiger partial charge in [0.25, 0.3) is 0 Å². The summed E-state index contributed by atoms with van der Waals surface area (Å²) in [6, 6.07) is 16.9. The lowest BCUT2D eigenvalue weighted by molar-refractivity contribution is -0.117. The summed E-state index contributed by atoms with van der Waals surface area (Å²) in [7, 11) is 4.28. The first-order valence-corrected chi connectivity index (χ1v) is 11.2. The molecule has 2 saturated heterocycles. The lowest BCUT2D eigenvalue weighted by Crippen LogP contribution is -2.31.